The predicted molar refractivity (Wildman–Crippen MR) is 124 cm³/mol. The van der Waals surface area contributed by atoms with Crippen LogP contribution in [0, 0.1) is 0 Å². The van der Waals surface area contributed by atoms with E-state index in [4.69, 9.17) is 9.47 Å². The molecule has 0 N–H and O–H groups in total. The SMILES string of the molecule is CCCCC/C=C/c1cc(-c2ccc(OC)cc2)ccc1-c1ccc(OC)cc1. The maximum Gasteiger partial charge on any atom is 0.118 e. The van der Waals surface area contributed by atoms with Crippen LogP contribution >= 0.6 is 0 Å². The van der Waals surface area contributed by atoms with Gasteiger partial charge in [0.2, 0.25) is 0 Å². The summed E-state index contributed by atoms with van der Waals surface area (Å²) >= 11 is 0. The minimum atomic E-state index is 0.875. The zero-order valence-corrected chi connectivity index (χ0v) is 17.7. The van der Waals surface area contributed by atoms with Crippen molar-refractivity contribution in [2.24, 2.45) is 0 Å². The van der Waals surface area contributed by atoms with E-state index >= 15 is 0 Å². The van der Waals surface area contributed by atoms with Crippen LogP contribution in [0.2, 0.25) is 0 Å². The van der Waals surface area contributed by atoms with Gasteiger partial charge in [-0.05, 0) is 71.0 Å². The molecule has 150 valence electrons. The highest BCUT2D eigenvalue weighted by atomic mass is 16.5. The first-order valence-electron chi connectivity index (χ1n) is 10.3. The van der Waals surface area contributed by atoms with Gasteiger partial charge in [0.05, 0.1) is 14.2 Å². The average molecular weight is 387 g/mol. The molecular weight excluding hydrogens is 356 g/mol. The molecule has 0 spiro atoms. The number of ether oxygens (including phenoxy) is 2. The normalized spacial score (nSPS) is 11.0. The van der Waals surface area contributed by atoms with Gasteiger partial charge >= 0.3 is 0 Å². The van der Waals surface area contributed by atoms with Gasteiger partial charge in [0.1, 0.15) is 11.5 Å². The van der Waals surface area contributed by atoms with E-state index in [9.17, 15) is 0 Å². The van der Waals surface area contributed by atoms with Gasteiger partial charge in [0.25, 0.3) is 0 Å². The smallest absolute Gasteiger partial charge is 0.118 e. The van der Waals surface area contributed by atoms with Crippen molar-refractivity contribution in [3.63, 3.8) is 0 Å². The predicted octanol–water partition coefficient (Wildman–Crippen LogP) is 7.63. The Morgan fingerprint density at radius 1 is 0.690 bits per heavy atom. The molecule has 3 aromatic carbocycles. The lowest BCUT2D eigenvalue weighted by Gasteiger charge is -2.11. The number of allylic oxidation sites excluding steroid dienone is 1. The first-order chi connectivity index (χ1) is 14.2. The standard InChI is InChI=1S/C27H30O2/c1-4-5-6-7-8-9-24-20-23(21-10-15-25(28-2)16-11-21)14-19-27(24)22-12-17-26(29-3)18-13-22/h8-20H,4-7H2,1-3H3/b9-8+. The van der Waals surface area contributed by atoms with Crippen molar-refractivity contribution >= 4 is 6.08 Å². The molecule has 3 aromatic rings. The van der Waals surface area contributed by atoms with Gasteiger partial charge in [-0.15, -0.1) is 0 Å². The second-order valence-electron chi connectivity index (χ2n) is 7.16. The maximum absolute atomic E-state index is 5.31. The molecule has 0 unspecified atom stereocenters. The van der Waals surface area contributed by atoms with E-state index in [1.807, 2.05) is 24.3 Å². The Balaban J connectivity index is 1.95. The third-order valence-corrected chi connectivity index (χ3v) is 5.15. The van der Waals surface area contributed by atoms with Gasteiger partial charge in [-0.25, -0.2) is 0 Å². The molecule has 0 atom stereocenters. The molecule has 0 heterocycles. The highest BCUT2D eigenvalue weighted by molar-refractivity contribution is 5.80. The Bertz CT molecular complexity index is 922. The number of benzene rings is 3. The third kappa shape index (κ3) is 5.51. The summed E-state index contributed by atoms with van der Waals surface area (Å²) in [6.07, 6.45) is 9.45. The minimum absolute atomic E-state index is 0.875. The summed E-state index contributed by atoms with van der Waals surface area (Å²) in [4.78, 5) is 0. The summed E-state index contributed by atoms with van der Waals surface area (Å²) in [6.45, 7) is 2.24. The first-order valence-corrected chi connectivity index (χ1v) is 10.3. The lowest BCUT2D eigenvalue weighted by Crippen LogP contribution is -1.88. The van der Waals surface area contributed by atoms with Crippen LogP contribution in [0.4, 0.5) is 0 Å². The Hall–Kier alpha value is -3.00. The van der Waals surface area contributed by atoms with Crippen LogP contribution in [0.1, 0.15) is 38.2 Å². The number of rotatable bonds is 9. The van der Waals surface area contributed by atoms with E-state index in [0.717, 1.165) is 17.9 Å². The average Bonchev–Trinajstić information content (AvgIpc) is 2.79. The van der Waals surface area contributed by atoms with E-state index in [1.165, 1.54) is 47.1 Å². The molecule has 0 fully saturated rings. The monoisotopic (exact) mass is 386 g/mol. The lowest BCUT2D eigenvalue weighted by atomic mass is 9.94. The highest BCUT2D eigenvalue weighted by Gasteiger charge is 2.07. The fourth-order valence-corrected chi connectivity index (χ4v) is 3.42. The molecule has 0 aliphatic heterocycles. The van der Waals surface area contributed by atoms with Crippen LogP contribution in [0.25, 0.3) is 28.3 Å². The quantitative estimate of drug-likeness (QED) is 0.352. The number of hydrogen-bond acceptors (Lipinski definition) is 2. The van der Waals surface area contributed by atoms with Crippen molar-refractivity contribution in [2.45, 2.75) is 32.6 Å². The molecule has 0 bridgehead atoms. The van der Waals surface area contributed by atoms with E-state index < -0.39 is 0 Å². The zero-order chi connectivity index (χ0) is 20.5. The van der Waals surface area contributed by atoms with Crippen molar-refractivity contribution in [1.29, 1.82) is 0 Å². The summed E-state index contributed by atoms with van der Waals surface area (Å²) in [5.41, 5.74) is 6.06. The minimum Gasteiger partial charge on any atom is -0.497 e. The molecule has 3 rings (SSSR count). The van der Waals surface area contributed by atoms with Crippen molar-refractivity contribution < 1.29 is 9.47 Å². The number of methoxy groups -OCH3 is 2. The summed E-state index contributed by atoms with van der Waals surface area (Å²) in [5.74, 6) is 1.75. The van der Waals surface area contributed by atoms with Crippen LogP contribution in [0.3, 0.4) is 0 Å². The Morgan fingerprint density at radius 2 is 1.28 bits per heavy atom. The van der Waals surface area contributed by atoms with Crippen LogP contribution in [-0.2, 0) is 0 Å². The summed E-state index contributed by atoms with van der Waals surface area (Å²) in [7, 11) is 3.39. The topological polar surface area (TPSA) is 18.5 Å². The number of hydrogen-bond donors (Lipinski definition) is 0. The second-order valence-corrected chi connectivity index (χ2v) is 7.16. The molecular formula is C27H30O2. The molecule has 0 aliphatic rings. The Kier molecular flexibility index (Phi) is 7.52. The summed E-state index contributed by atoms with van der Waals surface area (Å²) in [5, 5.41) is 0. The van der Waals surface area contributed by atoms with Gasteiger partial charge in [0.15, 0.2) is 0 Å². The highest BCUT2D eigenvalue weighted by Crippen LogP contribution is 2.31. The zero-order valence-electron chi connectivity index (χ0n) is 17.7. The van der Waals surface area contributed by atoms with E-state index in [0.29, 0.717) is 0 Å². The van der Waals surface area contributed by atoms with E-state index in [-0.39, 0.29) is 0 Å². The fourth-order valence-electron chi connectivity index (χ4n) is 3.42. The van der Waals surface area contributed by atoms with Crippen LogP contribution in [0.5, 0.6) is 11.5 Å². The molecule has 0 radical (unpaired) electrons. The molecule has 2 nitrogen and oxygen atoms in total. The van der Waals surface area contributed by atoms with E-state index in [1.54, 1.807) is 14.2 Å². The summed E-state index contributed by atoms with van der Waals surface area (Å²) < 4.78 is 10.6. The largest absolute Gasteiger partial charge is 0.497 e. The molecule has 0 saturated heterocycles. The molecule has 2 heteroatoms. The lowest BCUT2D eigenvalue weighted by molar-refractivity contribution is 0.415. The van der Waals surface area contributed by atoms with Gasteiger partial charge in [-0.2, -0.15) is 0 Å². The van der Waals surface area contributed by atoms with Gasteiger partial charge in [-0.3, -0.25) is 0 Å². The molecule has 29 heavy (non-hydrogen) atoms. The Labute approximate surface area is 174 Å². The molecule has 0 aromatic heterocycles. The van der Waals surface area contributed by atoms with Crippen molar-refractivity contribution in [2.75, 3.05) is 14.2 Å². The maximum atomic E-state index is 5.31. The van der Waals surface area contributed by atoms with Crippen molar-refractivity contribution in [3.8, 4) is 33.8 Å². The van der Waals surface area contributed by atoms with Crippen LogP contribution < -0.4 is 9.47 Å². The second kappa shape index (κ2) is 10.5. The fraction of sp³-hybridized carbons (Fsp3) is 0.259. The number of unbranched alkanes of at least 4 members (excludes halogenated alkanes) is 3. The van der Waals surface area contributed by atoms with Gasteiger partial charge in [-0.1, -0.05) is 68.3 Å². The summed E-state index contributed by atoms with van der Waals surface area (Å²) in [6, 6.07) is 23.2. The van der Waals surface area contributed by atoms with Crippen LogP contribution in [0.15, 0.2) is 72.8 Å². The van der Waals surface area contributed by atoms with Crippen molar-refractivity contribution in [3.05, 3.63) is 78.4 Å². The molecule has 0 amide bonds. The Morgan fingerprint density at radius 3 is 1.86 bits per heavy atom. The first kappa shape index (κ1) is 20.7. The van der Waals surface area contributed by atoms with Crippen molar-refractivity contribution in [1.82, 2.24) is 0 Å². The molecule has 0 saturated carbocycles. The van der Waals surface area contributed by atoms with Gasteiger partial charge < -0.3 is 9.47 Å². The van der Waals surface area contributed by atoms with E-state index in [2.05, 4.69) is 61.5 Å². The molecule has 0 aliphatic carbocycles. The van der Waals surface area contributed by atoms with Crippen LogP contribution in [-0.4, -0.2) is 14.2 Å². The third-order valence-electron chi connectivity index (χ3n) is 5.15. The van der Waals surface area contributed by atoms with Gasteiger partial charge in [0, 0.05) is 0 Å².